The van der Waals surface area contributed by atoms with Gasteiger partial charge >= 0.3 is 0 Å². The number of halogens is 2. The molecule has 0 spiro atoms. The van der Waals surface area contributed by atoms with Crippen LogP contribution >= 0.6 is 15.9 Å². The second-order valence-corrected chi connectivity index (χ2v) is 3.78. The van der Waals surface area contributed by atoms with Crippen LogP contribution in [0.15, 0.2) is 18.2 Å². The standard InChI is InChI=1S/C12H10BrFO/c1-9(15)10-5-6-12(14)11(8-10)4-2-3-7-13/h5-6,8H,3,7H2,1H3. The Morgan fingerprint density at radius 2 is 2.27 bits per heavy atom. The number of Topliss-reactive ketones (excluding diaryl/α,β-unsaturated/α-hetero) is 1. The predicted octanol–water partition coefficient (Wildman–Crippen LogP) is 3.16. The molecule has 0 unspecified atom stereocenters. The molecule has 0 aliphatic rings. The van der Waals surface area contributed by atoms with Gasteiger partial charge in [-0.2, -0.15) is 0 Å². The van der Waals surface area contributed by atoms with Crippen LogP contribution < -0.4 is 0 Å². The molecule has 0 aliphatic heterocycles. The first-order chi connectivity index (χ1) is 7.15. The summed E-state index contributed by atoms with van der Waals surface area (Å²) in [6.45, 7) is 1.45. The van der Waals surface area contributed by atoms with Gasteiger partial charge in [-0.15, -0.1) is 0 Å². The SMILES string of the molecule is CC(=O)c1ccc(F)c(C#CCCBr)c1. The van der Waals surface area contributed by atoms with E-state index in [1.165, 1.54) is 25.1 Å². The molecule has 15 heavy (non-hydrogen) atoms. The highest BCUT2D eigenvalue weighted by molar-refractivity contribution is 9.09. The Kier molecular flexibility index (Phi) is 4.51. The third-order valence-corrected chi connectivity index (χ3v) is 2.21. The first kappa shape index (κ1) is 11.9. The van der Waals surface area contributed by atoms with Gasteiger partial charge in [0.15, 0.2) is 5.78 Å². The lowest BCUT2D eigenvalue weighted by molar-refractivity contribution is 0.101. The number of carbonyl (C=O) groups is 1. The van der Waals surface area contributed by atoms with Crippen molar-refractivity contribution in [3.63, 3.8) is 0 Å². The van der Waals surface area contributed by atoms with E-state index in [0.29, 0.717) is 12.0 Å². The van der Waals surface area contributed by atoms with E-state index >= 15 is 0 Å². The molecule has 1 aromatic carbocycles. The van der Waals surface area contributed by atoms with Crippen LogP contribution in [0.1, 0.15) is 29.3 Å². The van der Waals surface area contributed by atoms with E-state index in [1.54, 1.807) is 0 Å². The molecule has 0 atom stereocenters. The largest absolute Gasteiger partial charge is 0.295 e. The predicted molar refractivity (Wildman–Crippen MR) is 61.7 cm³/mol. The van der Waals surface area contributed by atoms with Gasteiger partial charge in [0.1, 0.15) is 5.82 Å². The van der Waals surface area contributed by atoms with Gasteiger partial charge in [-0.05, 0) is 25.1 Å². The number of carbonyl (C=O) groups excluding carboxylic acids is 1. The van der Waals surface area contributed by atoms with Crippen molar-refractivity contribution in [3.8, 4) is 11.8 Å². The van der Waals surface area contributed by atoms with E-state index in [2.05, 4.69) is 27.8 Å². The summed E-state index contributed by atoms with van der Waals surface area (Å²) in [5.41, 5.74) is 0.767. The summed E-state index contributed by atoms with van der Waals surface area (Å²) in [6.07, 6.45) is 0.656. The highest BCUT2D eigenvalue weighted by Gasteiger charge is 2.03. The smallest absolute Gasteiger partial charge is 0.159 e. The van der Waals surface area contributed by atoms with Gasteiger partial charge in [-0.1, -0.05) is 27.8 Å². The number of hydrogen-bond acceptors (Lipinski definition) is 1. The number of rotatable bonds is 2. The van der Waals surface area contributed by atoms with Crippen LogP contribution in [0.3, 0.4) is 0 Å². The number of benzene rings is 1. The maximum atomic E-state index is 13.2. The summed E-state index contributed by atoms with van der Waals surface area (Å²) >= 11 is 3.23. The molecule has 0 fully saturated rings. The van der Waals surface area contributed by atoms with Crippen LogP contribution in [0.4, 0.5) is 4.39 Å². The van der Waals surface area contributed by atoms with Crippen molar-refractivity contribution in [1.82, 2.24) is 0 Å². The Morgan fingerprint density at radius 1 is 1.53 bits per heavy atom. The fourth-order valence-electron chi connectivity index (χ4n) is 1.05. The zero-order chi connectivity index (χ0) is 11.3. The Morgan fingerprint density at radius 3 is 2.87 bits per heavy atom. The number of alkyl halides is 1. The zero-order valence-electron chi connectivity index (χ0n) is 8.31. The molecule has 0 bridgehead atoms. The number of ketones is 1. The van der Waals surface area contributed by atoms with Gasteiger partial charge in [-0.3, -0.25) is 4.79 Å². The topological polar surface area (TPSA) is 17.1 Å². The summed E-state index contributed by atoms with van der Waals surface area (Å²) in [5, 5.41) is 0.758. The zero-order valence-corrected chi connectivity index (χ0v) is 9.90. The van der Waals surface area contributed by atoms with Crippen LogP contribution in [-0.2, 0) is 0 Å². The van der Waals surface area contributed by atoms with E-state index in [0.717, 1.165) is 5.33 Å². The minimum atomic E-state index is -0.387. The lowest BCUT2D eigenvalue weighted by Gasteiger charge is -1.97. The van der Waals surface area contributed by atoms with Gasteiger partial charge in [0.2, 0.25) is 0 Å². The Labute approximate surface area is 96.8 Å². The highest BCUT2D eigenvalue weighted by atomic mass is 79.9. The summed E-state index contributed by atoms with van der Waals surface area (Å²) in [6, 6.07) is 4.22. The van der Waals surface area contributed by atoms with Gasteiger partial charge in [0.25, 0.3) is 0 Å². The van der Waals surface area contributed by atoms with E-state index in [1.807, 2.05) is 0 Å². The molecule has 1 aromatic rings. The maximum absolute atomic E-state index is 13.2. The van der Waals surface area contributed by atoms with Gasteiger partial charge in [-0.25, -0.2) is 4.39 Å². The number of hydrogen-bond donors (Lipinski definition) is 0. The Bertz CT molecular complexity index is 429. The normalized spacial score (nSPS) is 9.27. The van der Waals surface area contributed by atoms with Crippen molar-refractivity contribution >= 4 is 21.7 Å². The fourth-order valence-corrected chi connectivity index (χ4v) is 1.24. The summed E-state index contributed by atoms with van der Waals surface area (Å²) in [4.78, 5) is 11.1. The molecule has 0 amide bonds. The molecule has 0 heterocycles. The first-order valence-corrected chi connectivity index (χ1v) is 5.62. The average molecular weight is 269 g/mol. The molecule has 3 heteroatoms. The second kappa shape index (κ2) is 5.67. The molecule has 0 aromatic heterocycles. The highest BCUT2D eigenvalue weighted by Crippen LogP contribution is 2.10. The molecular formula is C12H10BrFO. The monoisotopic (exact) mass is 268 g/mol. The summed E-state index contributed by atoms with van der Waals surface area (Å²) in [5.74, 6) is 5.04. The first-order valence-electron chi connectivity index (χ1n) is 4.50. The average Bonchev–Trinajstić information content (AvgIpc) is 2.20. The van der Waals surface area contributed by atoms with Gasteiger partial charge < -0.3 is 0 Å². The minimum absolute atomic E-state index is 0.0847. The molecule has 0 radical (unpaired) electrons. The van der Waals surface area contributed by atoms with E-state index < -0.39 is 0 Å². The van der Waals surface area contributed by atoms with Crippen molar-refractivity contribution in [3.05, 3.63) is 35.1 Å². The maximum Gasteiger partial charge on any atom is 0.159 e. The quantitative estimate of drug-likeness (QED) is 0.458. The third-order valence-electron chi connectivity index (χ3n) is 1.82. The summed E-state index contributed by atoms with van der Waals surface area (Å²) in [7, 11) is 0. The van der Waals surface area contributed by atoms with Crippen LogP contribution in [-0.4, -0.2) is 11.1 Å². The third kappa shape index (κ3) is 3.49. The Balaban J connectivity index is 3.02. The molecular weight excluding hydrogens is 259 g/mol. The van der Waals surface area contributed by atoms with E-state index in [9.17, 15) is 9.18 Å². The van der Waals surface area contributed by atoms with Crippen LogP contribution in [0.2, 0.25) is 0 Å². The summed E-state index contributed by atoms with van der Waals surface area (Å²) < 4.78 is 13.2. The van der Waals surface area contributed by atoms with Crippen molar-refractivity contribution < 1.29 is 9.18 Å². The molecule has 1 rings (SSSR count). The van der Waals surface area contributed by atoms with Crippen LogP contribution in [0.5, 0.6) is 0 Å². The fraction of sp³-hybridized carbons (Fsp3) is 0.250. The lowest BCUT2D eigenvalue weighted by atomic mass is 10.1. The van der Waals surface area contributed by atoms with Gasteiger partial charge in [0, 0.05) is 17.3 Å². The molecule has 0 N–H and O–H groups in total. The van der Waals surface area contributed by atoms with Crippen molar-refractivity contribution in [1.29, 1.82) is 0 Å². The van der Waals surface area contributed by atoms with Crippen LogP contribution in [0, 0.1) is 17.7 Å². The van der Waals surface area contributed by atoms with Crippen molar-refractivity contribution in [2.45, 2.75) is 13.3 Å². The second-order valence-electron chi connectivity index (χ2n) is 2.99. The minimum Gasteiger partial charge on any atom is -0.295 e. The molecule has 0 saturated carbocycles. The molecule has 0 aliphatic carbocycles. The van der Waals surface area contributed by atoms with Crippen LogP contribution in [0.25, 0.3) is 0 Å². The van der Waals surface area contributed by atoms with E-state index in [4.69, 9.17) is 0 Å². The molecule has 1 nitrogen and oxygen atoms in total. The van der Waals surface area contributed by atoms with E-state index in [-0.39, 0.29) is 17.2 Å². The molecule has 0 saturated heterocycles. The molecule has 78 valence electrons. The Hall–Kier alpha value is -1.14. The van der Waals surface area contributed by atoms with Gasteiger partial charge in [0.05, 0.1) is 5.56 Å². The van der Waals surface area contributed by atoms with Crippen molar-refractivity contribution in [2.75, 3.05) is 5.33 Å². The van der Waals surface area contributed by atoms with Crippen molar-refractivity contribution in [2.24, 2.45) is 0 Å². The lowest BCUT2D eigenvalue weighted by Crippen LogP contribution is -1.94.